The van der Waals surface area contributed by atoms with Crippen molar-refractivity contribution >= 4 is 26.2 Å². The first kappa shape index (κ1) is 25.6. The molecule has 0 saturated heterocycles. The standard InChI is InChI=1S/C15H24F2O8S2/c1-3-4-9-12(16)13(17)10-7-5-6-8-11-14(18)25-15(2,26(19,20)21)27(22,23)24/h8,11H,3-7,9-10H2,1-2H3,(H,19,20,21)(H,22,23,24)/b11-8+,13-12-. The summed E-state index contributed by atoms with van der Waals surface area (Å²) in [6.07, 6.45) is 4.02. The fraction of sp³-hybridized carbons (Fsp3) is 0.667. The lowest BCUT2D eigenvalue weighted by Crippen LogP contribution is -2.46. The molecule has 8 nitrogen and oxygen atoms in total. The molecule has 0 fully saturated rings. The van der Waals surface area contributed by atoms with Crippen LogP contribution in [0.1, 0.15) is 58.8 Å². The number of halogens is 2. The van der Waals surface area contributed by atoms with Crippen molar-refractivity contribution < 1.29 is 44.3 Å². The van der Waals surface area contributed by atoms with E-state index >= 15 is 0 Å². The molecule has 0 rings (SSSR count). The Morgan fingerprint density at radius 3 is 1.93 bits per heavy atom. The number of hydrogen-bond acceptors (Lipinski definition) is 6. The third-order valence-corrected chi connectivity index (χ3v) is 6.84. The molecule has 0 aliphatic heterocycles. The van der Waals surface area contributed by atoms with Crippen LogP contribution in [0, 0.1) is 0 Å². The molecule has 0 bridgehead atoms. The number of unbranched alkanes of at least 4 members (excludes halogenated alkanes) is 3. The van der Waals surface area contributed by atoms with Gasteiger partial charge >= 0.3 is 30.5 Å². The summed E-state index contributed by atoms with van der Waals surface area (Å²) in [6, 6.07) is 0. The Morgan fingerprint density at radius 2 is 1.48 bits per heavy atom. The Labute approximate surface area is 157 Å². The lowest BCUT2D eigenvalue weighted by Gasteiger charge is -2.21. The van der Waals surface area contributed by atoms with Gasteiger partial charge in [0.2, 0.25) is 0 Å². The minimum atomic E-state index is -5.48. The number of ether oxygens (including phenoxy) is 1. The number of allylic oxidation sites excluding steroid dienone is 3. The van der Waals surface area contributed by atoms with Crippen LogP contribution in [0.4, 0.5) is 8.78 Å². The molecule has 0 spiro atoms. The third kappa shape index (κ3) is 8.45. The second kappa shape index (κ2) is 10.8. The van der Waals surface area contributed by atoms with Crippen molar-refractivity contribution in [3.8, 4) is 0 Å². The van der Waals surface area contributed by atoms with Crippen molar-refractivity contribution in [3.63, 3.8) is 0 Å². The van der Waals surface area contributed by atoms with E-state index in [1.807, 2.05) is 6.92 Å². The van der Waals surface area contributed by atoms with E-state index in [0.29, 0.717) is 32.3 Å². The monoisotopic (exact) mass is 434 g/mol. The first-order valence-electron chi connectivity index (χ1n) is 8.12. The van der Waals surface area contributed by atoms with Crippen molar-refractivity contribution in [2.24, 2.45) is 0 Å². The van der Waals surface area contributed by atoms with E-state index in [-0.39, 0.29) is 19.3 Å². The summed E-state index contributed by atoms with van der Waals surface area (Å²) in [5.74, 6) is -3.03. The van der Waals surface area contributed by atoms with Crippen molar-refractivity contribution in [1.29, 1.82) is 0 Å². The molecule has 0 amide bonds. The fourth-order valence-electron chi connectivity index (χ4n) is 1.78. The highest BCUT2D eigenvalue weighted by Crippen LogP contribution is 2.25. The molecule has 0 aliphatic rings. The van der Waals surface area contributed by atoms with Gasteiger partial charge in [0, 0.05) is 25.8 Å². The van der Waals surface area contributed by atoms with Gasteiger partial charge < -0.3 is 4.74 Å². The number of esters is 1. The van der Waals surface area contributed by atoms with Crippen molar-refractivity contribution in [3.05, 3.63) is 23.8 Å². The highest BCUT2D eigenvalue weighted by molar-refractivity contribution is 8.05. The summed E-state index contributed by atoms with van der Waals surface area (Å²) in [4.78, 5) is 11.5. The van der Waals surface area contributed by atoms with Crippen molar-refractivity contribution in [2.75, 3.05) is 0 Å². The predicted octanol–water partition coefficient (Wildman–Crippen LogP) is 3.44. The number of carbonyl (C=O) groups is 1. The van der Waals surface area contributed by atoms with Gasteiger partial charge in [0.1, 0.15) is 11.7 Å². The average Bonchev–Trinajstić information content (AvgIpc) is 2.53. The molecule has 0 saturated carbocycles. The van der Waals surface area contributed by atoms with Crippen LogP contribution in [0.3, 0.4) is 0 Å². The second-order valence-electron chi connectivity index (χ2n) is 5.80. The minimum Gasteiger partial charge on any atom is -0.420 e. The fourth-order valence-corrected chi connectivity index (χ4v) is 3.22. The minimum absolute atomic E-state index is 0.0500. The Hall–Kier alpha value is -1.37. The zero-order chi connectivity index (χ0) is 21.3. The van der Waals surface area contributed by atoms with Gasteiger partial charge in [0.15, 0.2) is 0 Å². The van der Waals surface area contributed by atoms with Crippen LogP contribution in [-0.2, 0) is 29.8 Å². The molecule has 0 aromatic heterocycles. The van der Waals surface area contributed by atoms with Gasteiger partial charge in [-0.1, -0.05) is 19.4 Å². The van der Waals surface area contributed by atoms with Crippen molar-refractivity contribution in [2.45, 2.75) is 63.1 Å². The molecular weight excluding hydrogens is 410 g/mol. The maximum absolute atomic E-state index is 13.4. The van der Waals surface area contributed by atoms with E-state index in [1.54, 1.807) is 0 Å². The van der Waals surface area contributed by atoms with Gasteiger partial charge in [-0.05, 0) is 25.7 Å². The third-order valence-electron chi connectivity index (χ3n) is 3.54. The summed E-state index contributed by atoms with van der Waals surface area (Å²) in [6.45, 7) is 2.16. The summed E-state index contributed by atoms with van der Waals surface area (Å²) in [5.41, 5.74) is 0. The zero-order valence-electron chi connectivity index (χ0n) is 15.0. The van der Waals surface area contributed by atoms with E-state index in [4.69, 9.17) is 9.11 Å². The van der Waals surface area contributed by atoms with Crippen LogP contribution in [0.2, 0.25) is 0 Å². The van der Waals surface area contributed by atoms with Crippen LogP contribution in [0.5, 0.6) is 0 Å². The van der Waals surface area contributed by atoms with Crippen LogP contribution in [0.15, 0.2) is 23.8 Å². The zero-order valence-corrected chi connectivity index (χ0v) is 16.7. The molecule has 0 unspecified atom stereocenters. The topological polar surface area (TPSA) is 135 Å². The molecule has 0 radical (unpaired) electrons. The van der Waals surface area contributed by atoms with Crippen LogP contribution < -0.4 is 0 Å². The Balaban J connectivity index is 4.56. The number of rotatable bonds is 12. The summed E-state index contributed by atoms with van der Waals surface area (Å²) in [5, 5.41) is 0. The molecular formula is C15H24F2O8S2. The van der Waals surface area contributed by atoms with Gasteiger partial charge in [0.25, 0.3) is 0 Å². The highest BCUT2D eigenvalue weighted by Gasteiger charge is 2.54. The highest BCUT2D eigenvalue weighted by atomic mass is 32.3. The van der Waals surface area contributed by atoms with Gasteiger partial charge in [-0.15, -0.1) is 0 Å². The first-order valence-corrected chi connectivity index (χ1v) is 11.0. The normalized spacial score (nSPS) is 14.3. The number of hydrogen-bond donors (Lipinski definition) is 2. The Kier molecular flexibility index (Phi) is 10.3. The van der Waals surface area contributed by atoms with E-state index in [9.17, 15) is 30.4 Å². The average molecular weight is 434 g/mol. The lowest BCUT2D eigenvalue weighted by atomic mass is 10.1. The second-order valence-corrected chi connectivity index (χ2v) is 9.51. The molecule has 0 aliphatic carbocycles. The molecule has 27 heavy (non-hydrogen) atoms. The van der Waals surface area contributed by atoms with E-state index in [1.165, 1.54) is 6.08 Å². The summed E-state index contributed by atoms with van der Waals surface area (Å²) < 4.78 is 89.4. The largest absolute Gasteiger partial charge is 0.420 e. The van der Waals surface area contributed by atoms with Crippen LogP contribution in [-0.4, -0.2) is 36.2 Å². The van der Waals surface area contributed by atoms with E-state index in [0.717, 1.165) is 6.42 Å². The molecule has 0 heterocycles. The lowest BCUT2D eigenvalue weighted by molar-refractivity contribution is -0.141. The van der Waals surface area contributed by atoms with Crippen molar-refractivity contribution in [1.82, 2.24) is 0 Å². The van der Waals surface area contributed by atoms with Gasteiger partial charge in [-0.3, -0.25) is 9.11 Å². The predicted molar refractivity (Wildman–Crippen MR) is 94.0 cm³/mol. The molecule has 158 valence electrons. The Morgan fingerprint density at radius 1 is 1.00 bits per heavy atom. The smallest absolute Gasteiger partial charge is 0.357 e. The van der Waals surface area contributed by atoms with E-state index in [2.05, 4.69) is 4.74 Å². The molecule has 12 heteroatoms. The number of carbonyl (C=O) groups excluding carboxylic acids is 1. The molecule has 0 aromatic carbocycles. The quantitative estimate of drug-likeness (QED) is 0.206. The molecule has 2 N–H and O–H groups in total. The maximum Gasteiger partial charge on any atom is 0.357 e. The first-order chi connectivity index (χ1) is 12.3. The van der Waals surface area contributed by atoms with Crippen LogP contribution in [0.25, 0.3) is 0 Å². The summed E-state index contributed by atoms with van der Waals surface area (Å²) >= 11 is 0. The van der Waals surface area contributed by atoms with Gasteiger partial charge in [-0.2, -0.15) is 16.8 Å². The molecule has 0 aromatic rings. The van der Waals surface area contributed by atoms with Crippen LogP contribution >= 0.6 is 0 Å². The maximum atomic E-state index is 13.4. The van der Waals surface area contributed by atoms with Gasteiger partial charge in [-0.25, -0.2) is 13.6 Å². The van der Waals surface area contributed by atoms with E-state index < -0.39 is 42.1 Å². The SMILES string of the molecule is CCCC/C(F)=C(/F)CCCC/C=C/C(=O)OC(C)(S(=O)(=O)O)S(=O)(=O)O. The molecule has 0 atom stereocenters. The summed E-state index contributed by atoms with van der Waals surface area (Å²) in [7, 11) is -11.0. The van der Waals surface area contributed by atoms with Gasteiger partial charge in [0.05, 0.1) is 0 Å². The Bertz CT molecular complexity index is 738.